The molecule has 0 aliphatic carbocycles. The number of carbonyl (C=O) groups is 1. The Morgan fingerprint density at radius 1 is 1.20 bits per heavy atom. The first kappa shape index (κ1) is 16.3. The third-order valence-corrected chi connectivity index (χ3v) is 5.44. The van der Waals surface area contributed by atoms with E-state index < -0.39 is 0 Å². The molecule has 130 valence electrons. The Hall–Kier alpha value is -2.21. The number of halogens is 1. The number of benzene rings is 2. The van der Waals surface area contributed by atoms with Crippen molar-refractivity contribution < 1.29 is 19.0 Å². The van der Waals surface area contributed by atoms with E-state index in [-0.39, 0.29) is 12.7 Å². The summed E-state index contributed by atoms with van der Waals surface area (Å²) in [5.74, 6) is 2.59. The summed E-state index contributed by atoms with van der Waals surface area (Å²) in [5.41, 5.74) is 1.81. The molecule has 2 aromatic rings. The Balaban J connectivity index is 1.51. The number of rotatable bonds is 3. The fourth-order valence-corrected chi connectivity index (χ4v) is 3.77. The molecule has 2 aliphatic heterocycles. The highest BCUT2D eigenvalue weighted by Crippen LogP contribution is 2.37. The van der Waals surface area contributed by atoms with Crippen LogP contribution in [0.15, 0.2) is 40.9 Å². The van der Waals surface area contributed by atoms with Gasteiger partial charge in [-0.05, 0) is 58.2 Å². The number of carbonyl (C=O) groups excluding carboxylic acids is 1. The van der Waals surface area contributed by atoms with Crippen LogP contribution in [0, 0.1) is 0 Å². The molecule has 4 rings (SSSR count). The summed E-state index contributed by atoms with van der Waals surface area (Å²) in [6.45, 7) is 1.71. The molecule has 1 saturated heterocycles. The number of hydrogen-bond donors (Lipinski definition) is 0. The first-order valence-electron chi connectivity index (χ1n) is 8.18. The zero-order valence-corrected chi connectivity index (χ0v) is 15.4. The van der Waals surface area contributed by atoms with Crippen LogP contribution in [0.5, 0.6) is 17.2 Å². The van der Waals surface area contributed by atoms with E-state index >= 15 is 0 Å². The van der Waals surface area contributed by atoms with Crippen LogP contribution in [0.4, 0.5) is 0 Å². The molecule has 0 spiro atoms. The summed E-state index contributed by atoms with van der Waals surface area (Å²) in [6, 6.07) is 11.5. The number of ether oxygens (including phenoxy) is 3. The second-order valence-electron chi connectivity index (χ2n) is 6.20. The van der Waals surface area contributed by atoms with Crippen LogP contribution < -0.4 is 14.2 Å². The van der Waals surface area contributed by atoms with Crippen LogP contribution in [0.2, 0.25) is 0 Å². The van der Waals surface area contributed by atoms with E-state index in [2.05, 4.69) is 22.0 Å². The maximum Gasteiger partial charge on any atom is 0.255 e. The first-order chi connectivity index (χ1) is 12.2. The lowest BCUT2D eigenvalue weighted by Crippen LogP contribution is -2.28. The van der Waals surface area contributed by atoms with Crippen molar-refractivity contribution >= 4 is 21.8 Å². The molecule has 2 aromatic carbocycles. The highest BCUT2D eigenvalue weighted by molar-refractivity contribution is 9.10. The van der Waals surface area contributed by atoms with Crippen molar-refractivity contribution in [3.05, 3.63) is 52.0 Å². The summed E-state index contributed by atoms with van der Waals surface area (Å²) in [6.07, 6.45) is 0.937. The average Bonchev–Trinajstić information content (AvgIpc) is 3.30. The monoisotopic (exact) mass is 403 g/mol. The van der Waals surface area contributed by atoms with Gasteiger partial charge in [0, 0.05) is 23.5 Å². The van der Waals surface area contributed by atoms with Crippen molar-refractivity contribution in [1.29, 1.82) is 0 Å². The van der Waals surface area contributed by atoms with Gasteiger partial charge in [0.25, 0.3) is 5.91 Å². The highest BCUT2D eigenvalue weighted by atomic mass is 79.9. The number of methoxy groups -OCH3 is 1. The Kier molecular flexibility index (Phi) is 4.29. The molecule has 1 fully saturated rings. The number of nitrogens with zero attached hydrogens (tertiary/aromatic N) is 1. The van der Waals surface area contributed by atoms with Crippen molar-refractivity contribution in [3.63, 3.8) is 0 Å². The van der Waals surface area contributed by atoms with Crippen LogP contribution in [0.1, 0.15) is 28.3 Å². The molecule has 1 unspecified atom stereocenters. The zero-order valence-electron chi connectivity index (χ0n) is 13.8. The molecule has 0 bridgehead atoms. The van der Waals surface area contributed by atoms with E-state index in [9.17, 15) is 4.79 Å². The first-order valence-corrected chi connectivity index (χ1v) is 8.97. The topological polar surface area (TPSA) is 48.0 Å². The molecule has 5 nitrogen and oxygen atoms in total. The molecule has 25 heavy (non-hydrogen) atoms. The van der Waals surface area contributed by atoms with E-state index in [0.29, 0.717) is 23.8 Å². The van der Waals surface area contributed by atoms with Gasteiger partial charge in [0.15, 0.2) is 11.5 Å². The maximum atomic E-state index is 12.9. The van der Waals surface area contributed by atoms with E-state index in [0.717, 1.165) is 28.9 Å². The van der Waals surface area contributed by atoms with Crippen LogP contribution >= 0.6 is 15.9 Å². The largest absolute Gasteiger partial charge is 0.497 e. The second kappa shape index (κ2) is 6.59. The number of likely N-dealkylation sites (tertiary alicyclic amines) is 1. The van der Waals surface area contributed by atoms with Gasteiger partial charge < -0.3 is 19.1 Å². The zero-order chi connectivity index (χ0) is 17.4. The Morgan fingerprint density at radius 3 is 2.88 bits per heavy atom. The Morgan fingerprint density at radius 2 is 2.04 bits per heavy atom. The van der Waals surface area contributed by atoms with E-state index in [4.69, 9.17) is 14.2 Å². The van der Waals surface area contributed by atoms with Crippen molar-refractivity contribution in [1.82, 2.24) is 4.90 Å². The van der Waals surface area contributed by atoms with Crippen molar-refractivity contribution in [2.75, 3.05) is 27.0 Å². The van der Waals surface area contributed by atoms with Crippen molar-refractivity contribution in [3.8, 4) is 17.2 Å². The van der Waals surface area contributed by atoms with Gasteiger partial charge in [-0.25, -0.2) is 0 Å². The normalized spacial score (nSPS) is 18.5. The molecule has 0 saturated carbocycles. The van der Waals surface area contributed by atoms with E-state index in [1.54, 1.807) is 13.2 Å². The summed E-state index contributed by atoms with van der Waals surface area (Å²) in [4.78, 5) is 14.8. The summed E-state index contributed by atoms with van der Waals surface area (Å²) >= 11 is 3.47. The molecule has 6 heteroatoms. The van der Waals surface area contributed by atoms with Gasteiger partial charge in [0.1, 0.15) is 5.75 Å². The number of amides is 1. The van der Waals surface area contributed by atoms with Gasteiger partial charge in [0.2, 0.25) is 6.79 Å². The molecule has 0 N–H and O–H groups in total. The van der Waals surface area contributed by atoms with Crippen molar-refractivity contribution in [2.24, 2.45) is 0 Å². The van der Waals surface area contributed by atoms with Gasteiger partial charge in [-0.1, -0.05) is 6.07 Å². The molecule has 0 aromatic heterocycles. The van der Waals surface area contributed by atoms with Gasteiger partial charge in [0.05, 0.1) is 12.7 Å². The fourth-order valence-electron chi connectivity index (χ4n) is 3.35. The smallest absolute Gasteiger partial charge is 0.255 e. The molecule has 1 atom stereocenters. The highest BCUT2D eigenvalue weighted by Gasteiger charge is 2.30. The van der Waals surface area contributed by atoms with Crippen LogP contribution in [-0.4, -0.2) is 37.8 Å². The SMILES string of the molecule is COc1ccc(Br)c(C(=O)N2CCC(c3ccc4c(c3)OCO4)C2)c1. The minimum atomic E-state index is 0.0222. The lowest BCUT2D eigenvalue weighted by atomic mass is 9.98. The molecular weight excluding hydrogens is 386 g/mol. The van der Waals surface area contributed by atoms with Gasteiger partial charge in [-0.15, -0.1) is 0 Å². The molecule has 1 amide bonds. The maximum absolute atomic E-state index is 12.9. The van der Waals surface area contributed by atoms with Crippen molar-refractivity contribution in [2.45, 2.75) is 12.3 Å². The lowest BCUT2D eigenvalue weighted by molar-refractivity contribution is 0.0789. The van der Waals surface area contributed by atoms with Gasteiger partial charge >= 0.3 is 0 Å². The molecular formula is C19H18BrNO4. The van der Waals surface area contributed by atoms with E-state index in [1.165, 1.54) is 5.56 Å². The molecule has 2 aliphatic rings. The minimum absolute atomic E-state index is 0.0222. The third kappa shape index (κ3) is 3.06. The second-order valence-corrected chi connectivity index (χ2v) is 7.05. The van der Waals surface area contributed by atoms with Crippen LogP contribution in [-0.2, 0) is 0 Å². The average molecular weight is 404 g/mol. The minimum Gasteiger partial charge on any atom is -0.497 e. The lowest BCUT2D eigenvalue weighted by Gasteiger charge is -2.18. The fraction of sp³-hybridized carbons (Fsp3) is 0.316. The Labute approximate surface area is 154 Å². The number of fused-ring (bicyclic) bond motifs is 1. The third-order valence-electron chi connectivity index (χ3n) is 4.75. The standard InChI is InChI=1S/C19H18BrNO4/c1-23-14-3-4-16(20)15(9-14)19(22)21-7-6-13(10-21)12-2-5-17-18(8-12)25-11-24-17/h2-5,8-9,13H,6-7,10-11H2,1H3. The number of hydrogen-bond acceptors (Lipinski definition) is 4. The summed E-state index contributed by atoms with van der Waals surface area (Å²) in [5, 5.41) is 0. The predicted octanol–water partition coefficient (Wildman–Crippen LogP) is 3.82. The molecule has 2 heterocycles. The summed E-state index contributed by atoms with van der Waals surface area (Å²) in [7, 11) is 1.60. The summed E-state index contributed by atoms with van der Waals surface area (Å²) < 4.78 is 16.8. The van der Waals surface area contributed by atoms with Gasteiger partial charge in [-0.2, -0.15) is 0 Å². The van der Waals surface area contributed by atoms with Crippen LogP contribution in [0.25, 0.3) is 0 Å². The van der Waals surface area contributed by atoms with Crippen LogP contribution in [0.3, 0.4) is 0 Å². The quantitative estimate of drug-likeness (QED) is 0.781. The predicted molar refractivity (Wildman–Crippen MR) is 96.5 cm³/mol. The van der Waals surface area contributed by atoms with E-state index in [1.807, 2.05) is 29.2 Å². The Bertz CT molecular complexity index is 823. The van der Waals surface area contributed by atoms with Gasteiger partial charge in [-0.3, -0.25) is 4.79 Å². The molecule has 0 radical (unpaired) electrons.